The Morgan fingerprint density at radius 3 is 1.38 bits per heavy atom. The Morgan fingerprint density at radius 2 is 0.882 bits per heavy atom. The van der Waals surface area contributed by atoms with Crippen LogP contribution in [0.1, 0.15) is 89.5 Å². The second-order valence-electron chi connectivity index (χ2n) is 9.27. The van der Waals surface area contributed by atoms with Crippen LogP contribution >= 0.6 is 24.9 Å². The molecule has 0 radical (unpaired) electrons. The molecule has 0 bridgehead atoms. The smallest absolute Gasteiger partial charge is 0.0119 e. The number of rotatable bonds is 16. The number of unbranched alkanes of at least 4 members (excludes halogenated alkanes) is 11. The van der Waals surface area contributed by atoms with E-state index in [2.05, 4.69) is 91.9 Å². The van der Waals surface area contributed by atoms with Crippen LogP contribution in [0, 0.1) is 0 Å². The highest BCUT2D eigenvalue weighted by Gasteiger charge is 2.18. The van der Waals surface area contributed by atoms with Crippen molar-refractivity contribution < 1.29 is 0 Å². The van der Waals surface area contributed by atoms with E-state index < -0.39 is 7.92 Å². The van der Waals surface area contributed by atoms with E-state index in [0.717, 1.165) is 0 Å². The summed E-state index contributed by atoms with van der Waals surface area (Å²) in [4.78, 5) is 0. The van der Waals surface area contributed by atoms with Crippen LogP contribution in [0.2, 0.25) is 0 Å². The van der Waals surface area contributed by atoms with Gasteiger partial charge in [0.15, 0.2) is 0 Å². The normalized spacial score (nSPS) is 10.9. The van der Waals surface area contributed by atoms with E-state index in [1.54, 1.807) is 5.56 Å². The Kier molecular flexibility index (Phi) is 15.2. The van der Waals surface area contributed by atoms with E-state index in [9.17, 15) is 0 Å². The van der Waals surface area contributed by atoms with Crippen molar-refractivity contribution in [2.75, 3.05) is 0 Å². The van der Waals surface area contributed by atoms with Gasteiger partial charge in [-0.3, -0.25) is 0 Å². The van der Waals surface area contributed by atoms with E-state index in [-0.39, 0.29) is 17.0 Å². The van der Waals surface area contributed by atoms with Crippen LogP contribution in [0.3, 0.4) is 0 Å². The fourth-order valence-electron chi connectivity index (χ4n) is 4.68. The van der Waals surface area contributed by atoms with E-state index in [4.69, 9.17) is 0 Å². The predicted molar refractivity (Wildman–Crippen MR) is 160 cm³/mol. The molecule has 34 heavy (non-hydrogen) atoms. The highest BCUT2D eigenvalue weighted by molar-refractivity contribution is 8.93. The second kappa shape index (κ2) is 17.9. The summed E-state index contributed by atoms with van der Waals surface area (Å²) in [5.41, 5.74) is 1.54. The van der Waals surface area contributed by atoms with Crippen molar-refractivity contribution in [3.8, 4) is 0 Å². The van der Waals surface area contributed by atoms with Crippen molar-refractivity contribution >= 4 is 40.8 Å². The molecule has 0 aliphatic carbocycles. The van der Waals surface area contributed by atoms with Crippen LogP contribution in [0.4, 0.5) is 0 Å². The Morgan fingerprint density at radius 1 is 0.471 bits per heavy atom. The van der Waals surface area contributed by atoms with Crippen LogP contribution in [0.5, 0.6) is 0 Å². The first kappa shape index (κ1) is 28.8. The zero-order valence-electron chi connectivity index (χ0n) is 21.1. The van der Waals surface area contributed by atoms with Gasteiger partial charge in [0.1, 0.15) is 0 Å². The lowest BCUT2D eigenvalue weighted by molar-refractivity contribution is 0.544. The molecule has 0 aliphatic heterocycles. The van der Waals surface area contributed by atoms with Gasteiger partial charge >= 0.3 is 0 Å². The second-order valence-corrected chi connectivity index (χ2v) is 11.5. The first-order valence-corrected chi connectivity index (χ1v) is 14.7. The number of benzene rings is 3. The fraction of sp³-hybridized carbons (Fsp3) is 0.438. The molecule has 0 nitrogen and oxygen atoms in total. The van der Waals surface area contributed by atoms with Crippen LogP contribution in [0.25, 0.3) is 0 Å². The quantitative estimate of drug-likeness (QED) is 0.126. The molecule has 0 heterocycles. The van der Waals surface area contributed by atoms with E-state index >= 15 is 0 Å². The molecule has 0 spiro atoms. The molecule has 0 fully saturated rings. The summed E-state index contributed by atoms with van der Waals surface area (Å²) in [7, 11) is -0.507. The minimum absolute atomic E-state index is 0. The van der Waals surface area contributed by atoms with Crippen LogP contribution < -0.4 is 15.9 Å². The fourth-order valence-corrected chi connectivity index (χ4v) is 7.18. The summed E-state index contributed by atoms with van der Waals surface area (Å²) in [5.74, 6) is 0. The van der Waals surface area contributed by atoms with Crippen LogP contribution in [0.15, 0.2) is 84.9 Å². The van der Waals surface area contributed by atoms with Gasteiger partial charge in [-0.2, -0.15) is 0 Å². The van der Waals surface area contributed by atoms with Crippen LogP contribution in [-0.4, -0.2) is 0 Å². The molecule has 0 saturated heterocycles. The van der Waals surface area contributed by atoms with Gasteiger partial charge in [0, 0.05) is 0 Å². The molecule has 0 unspecified atom stereocenters. The van der Waals surface area contributed by atoms with E-state index in [1.165, 1.54) is 99.4 Å². The third-order valence-electron chi connectivity index (χ3n) is 6.56. The first-order valence-electron chi connectivity index (χ1n) is 13.4. The third-order valence-corrected chi connectivity index (χ3v) is 9.11. The maximum Gasteiger partial charge on any atom is -0.0119 e. The van der Waals surface area contributed by atoms with Crippen molar-refractivity contribution in [1.29, 1.82) is 0 Å². The minimum atomic E-state index is -0.507. The summed E-state index contributed by atoms with van der Waals surface area (Å²) < 4.78 is 0. The Balaban J connectivity index is 0.00000408. The molecule has 0 N–H and O–H groups in total. The number of hydrogen-bond donors (Lipinski definition) is 0. The summed E-state index contributed by atoms with van der Waals surface area (Å²) in [5, 5.41) is 4.43. The van der Waals surface area contributed by atoms with Crippen molar-refractivity contribution in [2.45, 2.75) is 90.4 Å². The summed E-state index contributed by atoms with van der Waals surface area (Å²) in [6, 6.07) is 31.4. The zero-order chi connectivity index (χ0) is 23.0. The van der Waals surface area contributed by atoms with Crippen molar-refractivity contribution in [3.05, 3.63) is 90.5 Å². The standard InChI is InChI=1S/C32H43P.BrH/c1-2-3-4-5-6-7-8-9-10-11-12-15-22-29-23-20-21-28-32(29)33(30-24-16-13-17-25-30)31-26-18-14-19-27-31;/h13-14,16-21,23-28H,2-12,15,22H2,1H3;1H. The monoisotopic (exact) mass is 538 g/mol. The Bertz CT molecular complexity index is 838. The van der Waals surface area contributed by atoms with Gasteiger partial charge in [0.05, 0.1) is 0 Å². The Labute approximate surface area is 221 Å². The van der Waals surface area contributed by atoms with Gasteiger partial charge in [0.25, 0.3) is 0 Å². The van der Waals surface area contributed by atoms with E-state index in [1.807, 2.05) is 0 Å². The Hall–Kier alpha value is -1.43. The molecule has 3 aromatic carbocycles. The molecule has 2 heteroatoms. The molecule has 184 valence electrons. The lowest BCUT2D eigenvalue weighted by Crippen LogP contribution is -2.23. The summed E-state index contributed by atoms with van der Waals surface area (Å²) in [6.07, 6.45) is 18.1. The third kappa shape index (κ3) is 10.1. The highest BCUT2D eigenvalue weighted by Crippen LogP contribution is 2.34. The number of aryl methyl sites for hydroxylation is 1. The van der Waals surface area contributed by atoms with E-state index in [0.29, 0.717) is 0 Å². The number of halogens is 1. The average Bonchev–Trinajstić information content (AvgIpc) is 2.87. The lowest BCUT2D eigenvalue weighted by atomic mass is 10.0. The molecule has 3 aromatic rings. The molecule has 3 rings (SSSR count). The molecule has 0 aliphatic rings. The van der Waals surface area contributed by atoms with Gasteiger partial charge < -0.3 is 0 Å². The summed E-state index contributed by atoms with van der Waals surface area (Å²) in [6.45, 7) is 2.30. The van der Waals surface area contributed by atoms with Crippen LogP contribution in [-0.2, 0) is 6.42 Å². The molecular weight excluding hydrogens is 495 g/mol. The maximum absolute atomic E-state index is 2.38. The SMILES string of the molecule is Br.CCCCCCCCCCCCCCc1ccccc1P(c1ccccc1)c1ccccc1. The molecule has 0 atom stereocenters. The highest BCUT2D eigenvalue weighted by atomic mass is 79.9. The first-order chi connectivity index (χ1) is 16.4. The minimum Gasteiger partial charge on any atom is -0.114 e. The summed E-state index contributed by atoms with van der Waals surface area (Å²) >= 11 is 0. The predicted octanol–water partition coefficient (Wildman–Crippen LogP) is 9.27. The largest absolute Gasteiger partial charge is 0.114 e. The van der Waals surface area contributed by atoms with Crippen molar-refractivity contribution in [1.82, 2.24) is 0 Å². The molecule has 0 amide bonds. The number of hydrogen-bond acceptors (Lipinski definition) is 0. The molecule has 0 aromatic heterocycles. The van der Waals surface area contributed by atoms with Gasteiger partial charge in [-0.15, -0.1) is 17.0 Å². The lowest BCUT2D eigenvalue weighted by Gasteiger charge is -2.22. The molecule has 0 saturated carbocycles. The van der Waals surface area contributed by atoms with Gasteiger partial charge in [-0.05, 0) is 42.2 Å². The molecular formula is C32H44BrP. The van der Waals surface area contributed by atoms with Crippen molar-refractivity contribution in [3.63, 3.8) is 0 Å². The topological polar surface area (TPSA) is 0 Å². The van der Waals surface area contributed by atoms with Gasteiger partial charge in [-0.1, -0.05) is 162 Å². The van der Waals surface area contributed by atoms with Gasteiger partial charge in [0.2, 0.25) is 0 Å². The van der Waals surface area contributed by atoms with Gasteiger partial charge in [-0.25, -0.2) is 0 Å². The zero-order valence-corrected chi connectivity index (χ0v) is 23.7. The van der Waals surface area contributed by atoms with Crippen molar-refractivity contribution in [2.24, 2.45) is 0 Å². The average molecular weight is 540 g/mol. The maximum atomic E-state index is 2.38.